The first kappa shape index (κ1) is 37.9. The number of benzene rings is 4. The summed E-state index contributed by atoms with van der Waals surface area (Å²) in [7, 11) is -12.1. The normalized spacial score (nSPS) is 16.1. The minimum absolute atomic E-state index is 0.317. The van der Waals surface area contributed by atoms with Crippen LogP contribution in [0.25, 0.3) is 21.5 Å². The Labute approximate surface area is 343 Å². The third-order valence-electron chi connectivity index (χ3n) is 10.6. The predicted molar refractivity (Wildman–Crippen MR) is 233 cm³/mol. The number of amidine groups is 4. The summed E-state index contributed by atoms with van der Waals surface area (Å²) in [6.07, 6.45) is 0. The monoisotopic (exact) mass is 838 g/mol. The van der Waals surface area contributed by atoms with Crippen molar-refractivity contribution in [1.82, 2.24) is 8.47 Å². The maximum atomic E-state index is 7.84. The van der Waals surface area contributed by atoms with Crippen molar-refractivity contribution in [3.63, 3.8) is 0 Å². The topological polar surface area (TPSA) is 139 Å². The zero-order chi connectivity index (χ0) is 40.5. The molecule has 0 amide bonds. The van der Waals surface area contributed by atoms with E-state index in [2.05, 4.69) is 0 Å². The molecule has 4 aromatic carbocycles. The number of hydrogen-bond donors (Lipinski definition) is 0. The Kier molecular flexibility index (Phi) is 9.27. The molecule has 0 atom stereocenters. The van der Waals surface area contributed by atoms with Crippen LogP contribution >= 0.6 is 0 Å². The number of aliphatic imine (C=N–C) groups is 4. The zero-order valence-electron chi connectivity index (χ0n) is 33.6. The van der Waals surface area contributed by atoms with Gasteiger partial charge in [0, 0.05) is 83.3 Å². The van der Waals surface area contributed by atoms with Gasteiger partial charge in [-0.05, 0) is 27.7 Å². The van der Waals surface area contributed by atoms with Gasteiger partial charge in [0.2, 0.25) is 0 Å². The lowest BCUT2D eigenvalue weighted by Crippen LogP contribution is -2.72. The van der Waals surface area contributed by atoms with Crippen molar-refractivity contribution in [2.45, 2.75) is 40.8 Å². The van der Waals surface area contributed by atoms with E-state index in [4.69, 9.17) is 55.9 Å². The highest BCUT2D eigenvalue weighted by molar-refractivity contribution is 6.82. The number of hydrogen-bond acceptors (Lipinski definition) is 12. The van der Waals surface area contributed by atoms with Gasteiger partial charge in [-0.3, -0.25) is 8.47 Å². The van der Waals surface area contributed by atoms with E-state index in [0.29, 0.717) is 72.4 Å². The van der Waals surface area contributed by atoms with Gasteiger partial charge in [0.05, 0.1) is 0 Å². The van der Waals surface area contributed by atoms with Gasteiger partial charge >= 0.3 is 26.5 Å². The summed E-state index contributed by atoms with van der Waals surface area (Å²) in [4.78, 5) is 32.3. The van der Waals surface area contributed by atoms with Gasteiger partial charge < -0.3 is 25.9 Å². The summed E-state index contributed by atoms with van der Waals surface area (Å²) in [5.74, 6) is 2.96. The molecule has 0 saturated carbocycles. The predicted octanol–water partition coefficient (Wildman–Crippen LogP) is 6.69. The maximum absolute atomic E-state index is 7.84. The second-order valence-corrected chi connectivity index (χ2v) is 22.6. The van der Waals surface area contributed by atoms with Crippen molar-refractivity contribution in [1.29, 1.82) is 0 Å². The van der Waals surface area contributed by atoms with Crippen LogP contribution in [0.4, 0.5) is 11.6 Å². The van der Waals surface area contributed by atoms with Crippen molar-refractivity contribution in [2.24, 2.45) is 30.0 Å². The standard InChI is InChI=1S/C42H42N8O6Si3/c1-7-51-57(5,52-8-2)55-59(56-58(6,53-9-3)54-10-4)49-39-31-23-15-16-24-32(31)41(49)47-37-29-21-13-14-22-30(29)38(44-37)48-42-34-26-18-17-25-33(34)40(50(42)59)46-36-28-20-12-11-19-27(28)35(43-36)45-39/h11-26H,7-10H2,1-6H3. The van der Waals surface area contributed by atoms with Gasteiger partial charge in [0.15, 0.2) is 23.3 Å². The van der Waals surface area contributed by atoms with Crippen molar-refractivity contribution >= 4 is 83.0 Å². The summed E-state index contributed by atoms with van der Waals surface area (Å²) >= 11 is 0. The molecule has 6 bridgehead atoms. The van der Waals surface area contributed by atoms with E-state index in [1.165, 1.54) is 0 Å². The van der Waals surface area contributed by atoms with Gasteiger partial charge in [-0.1, -0.05) is 97.1 Å². The molecule has 0 aliphatic carbocycles. The molecule has 14 nitrogen and oxygen atoms in total. The molecule has 6 aromatic rings. The first-order chi connectivity index (χ1) is 28.7. The quantitative estimate of drug-likeness (QED) is 0.126. The average molecular weight is 839 g/mol. The lowest BCUT2D eigenvalue weighted by atomic mass is 10.1. The van der Waals surface area contributed by atoms with Crippen molar-refractivity contribution in [3.05, 3.63) is 130 Å². The molecule has 4 aliphatic rings. The highest BCUT2D eigenvalue weighted by Crippen LogP contribution is 2.45. The summed E-state index contributed by atoms with van der Waals surface area (Å²) in [6, 6.07) is 32.1. The Morgan fingerprint density at radius 3 is 1.10 bits per heavy atom. The SMILES string of the molecule is CCO[Si](C)(OCC)O[Si]1(O[Si](C)(OCC)OCC)n2c3c4ccccc4c2N=C2N=C(N=c4c5ccccc5c(n41)=NC1=NC(=N3)c3ccccc31)c1ccccc12. The first-order valence-corrected chi connectivity index (χ1v) is 26.1. The van der Waals surface area contributed by atoms with E-state index in [-0.39, 0.29) is 0 Å². The molecule has 0 spiro atoms. The fraction of sp³-hybridized carbons (Fsp3) is 0.238. The molecule has 0 N–H and O–H groups in total. The summed E-state index contributed by atoms with van der Waals surface area (Å²) in [5, 5.41) is 3.17. The molecule has 17 heteroatoms. The van der Waals surface area contributed by atoms with Crippen LogP contribution in [0.15, 0.2) is 127 Å². The minimum Gasteiger partial charge on any atom is -0.374 e. The summed E-state index contributed by atoms with van der Waals surface area (Å²) in [5.41, 5.74) is 4.37. The van der Waals surface area contributed by atoms with Crippen molar-refractivity contribution in [2.75, 3.05) is 26.4 Å². The number of aromatic nitrogens is 2. The summed E-state index contributed by atoms with van der Waals surface area (Å²) < 4.78 is 46.1. The Morgan fingerprint density at radius 1 is 0.424 bits per heavy atom. The second kappa shape index (κ2) is 14.4. The molecule has 2 aromatic heterocycles. The van der Waals surface area contributed by atoms with Crippen LogP contribution in [-0.4, -0.2) is 84.7 Å². The molecular formula is C42H42N8O6Si3. The molecule has 0 unspecified atom stereocenters. The molecule has 59 heavy (non-hydrogen) atoms. The highest BCUT2D eigenvalue weighted by atomic mass is 28.5. The maximum Gasteiger partial charge on any atom is 0.588 e. The minimum atomic E-state index is -4.68. The average Bonchev–Trinajstić information content (AvgIpc) is 3.94. The van der Waals surface area contributed by atoms with Gasteiger partial charge in [-0.15, -0.1) is 0 Å². The van der Waals surface area contributed by atoms with Gasteiger partial charge in [0.1, 0.15) is 22.6 Å². The van der Waals surface area contributed by atoms with Crippen molar-refractivity contribution in [3.8, 4) is 0 Å². The number of nitrogens with zero attached hydrogens (tertiary/aromatic N) is 8. The van der Waals surface area contributed by atoms with Crippen LogP contribution in [0, 0.1) is 0 Å². The Hall–Kier alpha value is -5.35. The van der Waals surface area contributed by atoms with Gasteiger partial charge in [-0.2, -0.15) is 0 Å². The molecule has 0 radical (unpaired) electrons. The second-order valence-electron chi connectivity index (χ2n) is 14.3. The van der Waals surface area contributed by atoms with Crippen LogP contribution < -0.4 is 11.0 Å². The first-order valence-electron chi connectivity index (χ1n) is 20.0. The Bertz CT molecular complexity index is 2770. The fourth-order valence-electron chi connectivity index (χ4n) is 8.37. The van der Waals surface area contributed by atoms with E-state index in [1.807, 2.05) is 146 Å². The third kappa shape index (κ3) is 5.95. The molecule has 0 saturated heterocycles. The molecule has 4 aliphatic heterocycles. The van der Waals surface area contributed by atoms with Crippen molar-refractivity contribution < 1.29 is 25.9 Å². The van der Waals surface area contributed by atoms with Gasteiger partial charge in [0.25, 0.3) is 0 Å². The van der Waals surface area contributed by atoms with E-state index >= 15 is 0 Å². The molecular weight excluding hydrogens is 797 g/mol. The summed E-state index contributed by atoms with van der Waals surface area (Å²) in [6.45, 7) is 12.8. The number of fused-ring (bicyclic) bond motifs is 14. The Balaban J connectivity index is 1.52. The van der Waals surface area contributed by atoms with E-state index in [0.717, 1.165) is 43.8 Å². The van der Waals surface area contributed by atoms with Crippen LogP contribution in [0.5, 0.6) is 0 Å². The van der Waals surface area contributed by atoms with E-state index in [9.17, 15) is 0 Å². The van der Waals surface area contributed by atoms with Crippen LogP contribution in [0.2, 0.25) is 13.1 Å². The van der Waals surface area contributed by atoms with Crippen LogP contribution in [0.3, 0.4) is 0 Å². The van der Waals surface area contributed by atoms with Crippen LogP contribution in [0.1, 0.15) is 49.9 Å². The third-order valence-corrected chi connectivity index (χ3v) is 20.9. The van der Waals surface area contributed by atoms with Crippen LogP contribution in [-0.2, 0) is 25.9 Å². The molecule has 0 fully saturated rings. The molecule has 6 heterocycles. The fourth-order valence-corrected chi connectivity index (χ4v) is 19.4. The van der Waals surface area contributed by atoms with E-state index in [1.54, 1.807) is 0 Å². The largest absolute Gasteiger partial charge is 0.588 e. The Morgan fingerprint density at radius 2 is 0.746 bits per heavy atom. The molecule has 10 rings (SSSR count). The van der Waals surface area contributed by atoms with E-state index < -0.39 is 26.5 Å². The smallest absolute Gasteiger partial charge is 0.374 e. The van der Waals surface area contributed by atoms with Gasteiger partial charge in [-0.25, -0.2) is 30.0 Å². The number of rotatable bonds is 12. The lowest BCUT2D eigenvalue weighted by Gasteiger charge is -2.42. The molecule has 298 valence electrons. The zero-order valence-corrected chi connectivity index (χ0v) is 36.6. The highest BCUT2D eigenvalue weighted by Gasteiger charge is 2.62. The lowest BCUT2D eigenvalue weighted by molar-refractivity contribution is 0.0786.